The second-order valence-corrected chi connectivity index (χ2v) is 15.4. The van der Waals surface area contributed by atoms with Gasteiger partial charge in [-0.05, 0) is 76.6 Å². The van der Waals surface area contributed by atoms with Gasteiger partial charge in [-0.25, -0.2) is 18.0 Å². The van der Waals surface area contributed by atoms with Crippen LogP contribution in [-0.4, -0.2) is 97.0 Å². The van der Waals surface area contributed by atoms with Gasteiger partial charge >= 0.3 is 12.2 Å². The zero-order chi connectivity index (χ0) is 32.2. The largest absolute Gasteiger partial charge is 0.491 e. The Labute approximate surface area is 265 Å². The highest BCUT2D eigenvalue weighted by atomic mass is 32.2. The SMILES string of the molecule is CC(C)(C)OC(=O)N(C[C@H](O)COc1cccc(S(=O)(=O)C2CC2)c1)[C@H]1COC2(CCN(C(=O)OCc3ccccc3)CC2)C1. The number of amides is 2. The summed E-state index contributed by atoms with van der Waals surface area (Å²) in [6.45, 7) is 6.56. The van der Waals surface area contributed by atoms with E-state index in [4.69, 9.17) is 18.9 Å². The first-order valence-electron chi connectivity index (χ1n) is 15.6. The van der Waals surface area contributed by atoms with E-state index in [2.05, 4.69) is 0 Å². The lowest BCUT2D eigenvalue weighted by molar-refractivity contribution is -0.0432. The molecule has 1 N–H and O–H groups in total. The minimum atomic E-state index is -3.38. The van der Waals surface area contributed by atoms with Gasteiger partial charge in [-0.15, -0.1) is 0 Å². The Morgan fingerprint density at radius 3 is 2.47 bits per heavy atom. The Hall–Kier alpha value is -3.35. The average molecular weight is 645 g/mol. The van der Waals surface area contributed by atoms with Gasteiger partial charge in [0, 0.05) is 13.1 Å². The highest BCUT2D eigenvalue weighted by Crippen LogP contribution is 2.38. The van der Waals surface area contributed by atoms with E-state index in [1.165, 1.54) is 11.0 Å². The molecule has 2 saturated heterocycles. The molecule has 1 aliphatic carbocycles. The number of hydrogen-bond acceptors (Lipinski definition) is 9. The maximum Gasteiger partial charge on any atom is 0.410 e. The van der Waals surface area contributed by atoms with Crippen LogP contribution in [0, 0.1) is 0 Å². The van der Waals surface area contributed by atoms with Crippen LogP contribution in [0.1, 0.15) is 58.4 Å². The van der Waals surface area contributed by atoms with Gasteiger partial charge in [-0.2, -0.15) is 0 Å². The molecule has 5 rings (SSSR count). The Morgan fingerprint density at radius 1 is 1.09 bits per heavy atom. The van der Waals surface area contributed by atoms with Gasteiger partial charge < -0.3 is 33.9 Å². The van der Waals surface area contributed by atoms with E-state index < -0.39 is 33.2 Å². The van der Waals surface area contributed by atoms with Crippen LogP contribution in [0.5, 0.6) is 5.75 Å². The minimum absolute atomic E-state index is 0.0585. The number of ether oxygens (including phenoxy) is 4. The summed E-state index contributed by atoms with van der Waals surface area (Å²) in [5, 5.41) is 10.6. The monoisotopic (exact) mass is 644 g/mol. The molecule has 3 aliphatic rings. The molecule has 11 nitrogen and oxygen atoms in total. The van der Waals surface area contributed by atoms with Crippen LogP contribution in [0.2, 0.25) is 0 Å². The lowest BCUT2D eigenvalue weighted by atomic mass is 9.87. The quantitative estimate of drug-likeness (QED) is 0.395. The number of likely N-dealkylation sites (tertiary alicyclic amines) is 1. The van der Waals surface area contributed by atoms with Gasteiger partial charge in [-0.1, -0.05) is 36.4 Å². The third-order valence-corrected chi connectivity index (χ3v) is 10.6. The Balaban J connectivity index is 1.16. The summed E-state index contributed by atoms with van der Waals surface area (Å²) >= 11 is 0. The molecule has 12 heteroatoms. The molecule has 0 aromatic heterocycles. The maximum absolute atomic E-state index is 13.3. The summed E-state index contributed by atoms with van der Waals surface area (Å²) in [7, 11) is -3.38. The lowest BCUT2D eigenvalue weighted by Crippen LogP contribution is -2.50. The van der Waals surface area contributed by atoms with Crippen LogP contribution in [0.15, 0.2) is 59.5 Å². The number of aliphatic hydroxyl groups excluding tert-OH is 1. The molecule has 2 heterocycles. The molecule has 45 heavy (non-hydrogen) atoms. The van der Waals surface area contributed by atoms with Crippen molar-refractivity contribution in [1.82, 2.24) is 9.80 Å². The van der Waals surface area contributed by atoms with Crippen molar-refractivity contribution < 1.29 is 42.1 Å². The van der Waals surface area contributed by atoms with Gasteiger partial charge in [0.05, 0.1) is 34.9 Å². The molecule has 2 aliphatic heterocycles. The summed E-state index contributed by atoms with van der Waals surface area (Å²) in [5.41, 5.74) is -0.325. The molecule has 2 amide bonds. The van der Waals surface area contributed by atoms with E-state index in [1.807, 2.05) is 30.3 Å². The summed E-state index contributed by atoms with van der Waals surface area (Å²) in [6, 6.07) is 15.5. The first kappa shape index (κ1) is 33.0. The Kier molecular flexibility index (Phi) is 9.95. The van der Waals surface area contributed by atoms with Crippen LogP contribution in [-0.2, 0) is 30.7 Å². The van der Waals surface area contributed by atoms with Crippen molar-refractivity contribution in [3.05, 3.63) is 60.2 Å². The number of hydrogen-bond donors (Lipinski definition) is 1. The molecule has 3 fully saturated rings. The Bertz CT molecular complexity index is 1430. The van der Waals surface area contributed by atoms with E-state index >= 15 is 0 Å². The fraction of sp³-hybridized carbons (Fsp3) is 0.576. The van der Waals surface area contributed by atoms with Crippen molar-refractivity contribution in [2.45, 2.75) is 93.0 Å². The van der Waals surface area contributed by atoms with Crippen molar-refractivity contribution in [2.75, 3.05) is 32.8 Å². The van der Waals surface area contributed by atoms with Crippen molar-refractivity contribution in [2.24, 2.45) is 0 Å². The fourth-order valence-electron chi connectivity index (χ4n) is 5.75. The number of benzene rings is 2. The third-order valence-electron chi connectivity index (χ3n) is 8.34. The van der Waals surface area contributed by atoms with Crippen LogP contribution < -0.4 is 4.74 Å². The standard InChI is InChI=1S/C33H44N2O9S/c1-32(2,3)44-31(38)35(20-26(36)23-41-27-10-7-11-29(18-27)45(39,40)28-12-13-28)25-19-33(43-22-25)14-16-34(17-15-33)30(37)42-21-24-8-5-4-6-9-24/h4-11,18,25-26,28,36H,12-17,19-23H2,1-3H3/t25-,26+/m1/s1. The van der Waals surface area contributed by atoms with Crippen LogP contribution in [0.4, 0.5) is 9.59 Å². The second kappa shape index (κ2) is 13.6. The van der Waals surface area contributed by atoms with E-state index in [0.717, 1.165) is 5.56 Å². The summed E-state index contributed by atoms with van der Waals surface area (Å²) < 4.78 is 48.5. The normalized spacial score (nSPS) is 20.4. The van der Waals surface area contributed by atoms with Gasteiger partial charge in [0.2, 0.25) is 0 Å². The molecule has 2 aromatic rings. The molecule has 2 aromatic carbocycles. The summed E-state index contributed by atoms with van der Waals surface area (Å²) in [5.74, 6) is 0.330. The first-order chi connectivity index (χ1) is 21.3. The van der Waals surface area contributed by atoms with Crippen molar-refractivity contribution in [1.29, 1.82) is 0 Å². The van der Waals surface area contributed by atoms with E-state index in [9.17, 15) is 23.1 Å². The van der Waals surface area contributed by atoms with Crippen LogP contribution in [0.25, 0.3) is 0 Å². The molecule has 0 radical (unpaired) electrons. The summed E-state index contributed by atoms with van der Waals surface area (Å²) in [6.07, 6.45) is 1.06. The van der Waals surface area contributed by atoms with Crippen molar-refractivity contribution in [3.8, 4) is 5.75 Å². The first-order valence-corrected chi connectivity index (χ1v) is 17.1. The predicted molar refractivity (Wildman–Crippen MR) is 166 cm³/mol. The molecule has 246 valence electrons. The number of nitrogens with zero attached hydrogens (tertiary/aromatic N) is 2. The van der Waals surface area contributed by atoms with Crippen molar-refractivity contribution in [3.63, 3.8) is 0 Å². The van der Waals surface area contributed by atoms with Gasteiger partial charge in [-0.3, -0.25) is 0 Å². The van der Waals surface area contributed by atoms with Gasteiger partial charge in [0.15, 0.2) is 9.84 Å². The second-order valence-electron chi connectivity index (χ2n) is 13.2. The van der Waals surface area contributed by atoms with E-state index in [0.29, 0.717) is 50.9 Å². The topological polar surface area (TPSA) is 132 Å². The predicted octanol–water partition coefficient (Wildman–Crippen LogP) is 4.56. The summed E-state index contributed by atoms with van der Waals surface area (Å²) in [4.78, 5) is 29.4. The zero-order valence-corrected chi connectivity index (χ0v) is 27.0. The fourth-order valence-corrected chi connectivity index (χ4v) is 7.44. The molecule has 1 saturated carbocycles. The highest BCUT2D eigenvalue weighted by molar-refractivity contribution is 7.92. The minimum Gasteiger partial charge on any atom is -0.491 e. The number of aliphatic hydroxyl groups is 1. The van der Waals surface area contributed by atoms with Crippen LogP contribution >= 0.6 is 0 Å². The maximum atomic E-state index is 13.3. The van der Waals surface area contributed by atoms with Crippen molar-refractivity contribution >= 4 is 22.0 Å². The number of piperidine rings is 1. The van der Waals surface area contributed by atoms with Gasteiger partial charge in [0.25, 0.3) is 0 Å². The third kappa shape index (κ3) is 8.68. The molecule has 0 unspecified atom stereocenters. The Morgan fingerprint density at radius 2 is 1.80 bits per heavy atom. The smallest absolute Gasteiger partial charge is 0.410 e. The average Bonchev–Trinajstić information content (AvgIpc) is 3.80. The molecular weight excluding hydrogens is 600 g/mol. The van der Waals surface area contributed by atoms with E-state index in [1.54, 1.807) is 43.9 Å². The number of carbonyl (C=O) groups is 2. The van der Waals surface area contributed by atoms with E-state index in [-0.39, 0.29) is 48.6 Å². The highest BCUT2D eigenvalue weighted by Gasteiger charge is 2.47. The molecule has 0 bridgehead atoms. The van der Waals surface area contributed by atoms with Crippen LogP contribution in [0.3, 0.4) is 0 Å². The zero-order valence-electron chi connectivity index (χ0n) is 26.2. The molecular formula is C33H44N2O9S. The molecule has 1 spiro atoms. The van der Waals surface area contributed by atoms with Gasteiger partial charge in [0.1, 0.15) is 30.7 Å². The number of carbonyl (C=O) groups excluding carboxylic acids is 2. The lowest BCUT2D eigenvalue weighted by Gasteiger charge is -2.38. The molecule has 2 atom stereocenters. The number of sulfone groups is 1. The number of rotatable bonds is 10.